The van der Waals surface area contributed by atoms with Crippen LogP contribution in [-0.4, -0.2) is 18.2 Å². The third-order valence-electron chi connectivity index (χ3n) is 2.88. The average molecular weight is 286 g/mol. The minimum atomic E-state index is -0.749. The van der Waals surface area contributed by atoms with Gasteiger partial charge in [0.05, 0.1) is 13.3 Å². The van der Waals surface area contributed by atoms with Crippen LogP contribution in [0.15, 0.2) is 50.5 Å². The van der Waals surface area contributed by atoms with Crippen molar-refractivity contribution in [2.24, 2.45) is 0 Å². The second kappa shape index (κ2) is 5.12. The van der Waals surface area contributed by atoms with E-state index in [1.54, 1.807) is 18.2 Å². The number of fused-ring (bicyclic) bond motifs is 1. The van der Waals surface area contributed by atoms with Crippen molar-refractivity contribution >= 4 is 22.6 Å². The van der Waals surface area contributed by atoms with Crippen LogP contribution in [0.1, 0.15) is 10.4 Å². The fourth-order valence-electron chi connectivity index (χ4n) is 1.90. The number of carbonyl (C=O) groups excluding carboxylic acids is 1. The molecule has 0 unspecified atom stereocenters. The minimum absolute atomic E-state index is 0.114. The highest BCUT2D eigenvalue weighted by atomic mass is 16.5. The third kappa shape index (κ3) is 2.36. The van der Waals surface area contributed by atoms with E-state index in [2.05, 4.69) is 15.0 Å². The normalized spacial score (nSPS) is 10.5. The Labute approximate surface area is 118 Å². The smallest absolute Gasteiger partial charge is 0.349 e. The largest absolute Gasteiger partial charge is 0.493 e. The average Bonchev–Trinajstić information content (AvgIpc) is 2.98. The number of rotatable bonds is 3. The number of benzene rings is 1. The molecule has 106 valence electrons. The molecule has 2 aromatic heterocycles. The second-order valence-electron chi connectivity index (χ2n) is 4.19. The maximum atomic E-state index is 12.1. The number of carbonyl (C=O) groups is 1. The second-order valence-corrected chi connectivity index (χ2v) is 4.19. The molecule has 2 heterocycles. The molecular formula is C14H10N2O5. The van der Waals surface area contributed by atoms with Gasteiger partial charge in [-0.2, -0.15) is 0 Å². The van der Waals surface area contributed by atoms with Crippen molar-refractivity contribution in [1.29, 1.82) is 0 Å². The number of nitrogens with one attached hydrogen (secondary N) is 1. The summed E-state index contributed by atoms with van der Waals surface area (Å²) in [6.07, 6.45) is 2.58. The topological polar surface area (TPSA) is 94.6 Å². The van der Waals surface area contributed by atoms with E-state index >= 15 is 0 Å². The summed E-state index contributed by atoms with van der Waals surface area (Å²) in [6, 6.07) is 6.58. The van der Waals surface area contributed by atoms with Gasteiger partial charge in [0.2, 0.25) is 0 Å². The maximum Gasteiger partial charge on any atom is 0.349 e. The third-order valence-corrected chi connectivity index (χ3v) is 2.88. The number of methoxy groups -OCH3 is 1. The molecule has 1 amide bonds. The van der Waals surface area contributed by atoms with Gasteiger partial charge in [0.1, 0.15) is 17.5 Å². The zero-order valence-corrected chi connectivity index (χ0v) is 11.0. The fourth-order valence-corrected chi connectivity index (χ4v) is 1.90. The van der Waals surface area contributed by atoms with Crippen molar-refractivity contribution < 1.29 is 18.5 Å². The monoisotopic (exact) mass is 286 g/mol. The molecule has 1 aromatic carbocycles. The molecule has 0 saturated heterocycles. The van der Waals surface area contributed by atoms with Gasteiger partial charge in [0.15, 0.2) is 11.3 Å². The van der Waals surface area contributed by atoms with Gasteiger partial charge in [-0.15, -0.1) is 0 Å². The number of hydrogen-bond acceptors (Lipinski definition) is 6. The Morgan fingerprint density at radius 2 is 2.24 bits per heavy atom. The lowest BCUT2D eigenvalue weighted by atomic mass is 10.1. The van der Waals surface area contributed by atoms with Gasteiger partial charge in [-0.3, -0.25) is 4.79 Å². The van der Waals surface area contributed by atoms with Crippen LogP contribution in [0, 0.1) is 0 Å². The summed E-state index contributed by atoms with van der Waals surface area (Å²) >= 11 is 0. The molecule has 0 bridgehead atoms. The van der Waals surface area contributed by atoms with Gasteiger partial charge in [-0.05, 0) is 12.1 Å². The van der Waals surface area contributed by atoms with Crippen molar-refractivity contribution in [2.45, 2.75) is 0 Å². The summed E-state index contributed by atoms with van der Waals surface area (Å²) in [5.41, 5.74) is -0.213. The lowest BCUT2D eigenvalue weighted by molar-refractivity contribution is 0.102. The molecule has 0 saturated carbocycles. The van der Waals surface area contributed by atoms with E-state index in [0.717, 1.165) is 0 Å². The highest BCUT2D eigenvalue weighted by molar-refractivity contribution is 6.05. The first kappa shape index (κ1) is 12.9. The molecule has 0 aliphatic rings. The molecule has 1 N–H and O–H groups in total. The van der Waals surface area contributed by atoms with Crippen LogP contribution in [-0.2, 0) is 0 Å². The highest BCUT2D eigenvalue weighted by Crippen LogP contribution is 2.24. The first-order chi connectivity index (χ1) is 10.2. The zero-order valence-electron chi connectivity index (χ0n) is 11.0. The molecule has 0 aliphatic heterocycles. The number of nitrogens with zero attached hydrogens (tertiary/aromatic N) is 1. The SMILES string of the molecule is COc1cccc2cc(C(=O)Nc3cnoc3)c(=O)oc12. The lowest BCUT2D eigenvalue weighted by Gasteiger charge is -2.05. The van der Waals surface area contributed by atoms with E-state index < -0.39 is 11.5 Å². The first-order valence-corrected chi connectivity index (χ1v) is 6.00. The molecule has 0 radical (unpaired) electrons. The van der Waals surface area contributed by atoms with Crippen LogP contribution < -0.4 is 15.7 Å². The number of hydrogen-bond donors (Lipinski definition) is 1. The standard InChI is InChI=1S/C14H10N2O5/c1-19-11-4-2-3-8-5-10(14(18)21-12(8)11)13(17)16-9-6-15-20-7-9/h2-7H,1H3,(H,16,17). The first-order valence-electron chi connectivity index (χ1n) is 6.00. The van der Waals surface area contributed by atoms with Crippen LogP contribution in [0.25, 0.3) is 11.0 Å². The van der Waals surface area contributed by atoms with E-state index in [4.69, 9.17) is 9.15 Å². The van der Waals surface area contributed by atoms with E-state index in [1.807, 2.05) is 0 Å². The molecule has 0 spiro atoms. The Kier molecular flexibility index (Phi) is 3.15. The summed E-state index contributed by atoms with van der Waals surface area (Å²) in [5, 5.41) is 6.53. The summed E-state index contributed by atoms with van der Waals surface area (Å²) in [6.45, 7) is 0. The van der Waals surface area contributed by atoms with E-state index in [1.165, 1.54) is 25.6 Å². The zero-order chi connectivity index (χ0) is 14.8. The molecule has 3 aromatic rings. The molecule has 7 heteroatoms. The Morgan fingerprint density at radius 1 is 1.38 bits per heavy atom. The minimum Gasteiger partial charge on any atom is -0.493 e. The van der Waals surface area contributed by atoms with Crippen LogP contribution in [0.2, 0.25) is 0 Å². The van der Waals surface area contributed by atoms with Gasteiger partial charge in [-0.25, -0.2) is 4.79 Å². The maximum absolute atomic E-state index is 12.1. The van der Waals surface area contributed by atoms with Crippen molar-refractivity contribution in [3.8, 4) is 5.75 Å². The van der Waals surface area contributed by atoms with Gasteiger partial charge in [0.25, 0.3) is 5.91 Å². The van der Waals surface area contributed by atoms with Crippen molar-refractivity contribution in [1.82, 2.24) is 5.16 Å². The number of amides is 1. The summed E-state index contributed by atoms with van der Waals surface area (Å²) in [7, 11) is 1.47. The Bertz CT molecular complexity index is 851. The van der Waals surface area contributed by atoms with E-state index in [9.17, 15) is 9.59 Å². The van der Waals surface area contributed by atoms with Crippen LogP contribution in [0.3, 0.4) is 0 Å². The molecule has 0 fully saturated rings. The van der Waals surface area contributed by atoms with Gasteiger partial charge < -0.3 is 19.0 Å². The number of anilines is 1. The Morgan fingerprint density at radius 3 is 2.95 bits per heavy atom. The number of para-hydroxylation sites is 1. The molecule has 0 atom stereocenters. The molecule has 7 nitrogen and oxygen atoms in total. The van der Waals surface area contributed by atoms with E-state index in [-0.39, 0.29) is 5.56 Å². The van der Waals surface area contributed by atoms with Crippen molar-refractivity contribution in [3.05, 3.63) is 52.7 Å². The Balaban J connectivity index is 2.05. The number of aromatic nitrogens is 1. The predicted molar refractivity (Wildman–Crippen MR) is 73.5 cm³/mol. The van der Waals surface area contributed by atoms with Gasteiger partial charge in [-0.1, -0.05) is 17.3 Å². The van der Waals surface area contributed by atoms with Crippen LogP contribution >= 0.6 is 0 Å². The highest BCUT2D eigenvalue weighted by Gasteiger charge is 2.16. The predicted octanol–water partition coefficient (Wildman–Crippen LogP) is 2.04. The molecular weight excluding hydrogens is 276 g/mol. The Hall–Kier alpha value is -3.09. The summed E-state index contributed by atoms with van der Waals surface area (Å²) < 4.78 is 14.9. The van der Waals surface area contributed by atoms with E-state index in [0.29, 0.717) is 22.4 Å². The van der Waals surface area contributed by atoms with Gasteiger partial charge in [0, 0.05) is 5.39 Å². The lowest BCUT2D eigenvalue weighted by Crippen LogP contribution is -2.20. The van der Waals surface area contributed by atoms with Gasteiger partial charge >= 0.3 is 5.63 Å². The van der Waals surface area contributed by atoms with Crippen LogP contribution in [0.4, 0.5) is 5.69 Å². The number of ether oxygens (including phenoxy) is 1. The quantitative estimate of drug-likeness (QED) is 0.740. The van der Waals surface area contributed by atoms with Crippen molar-refractivity contribution in [3.63, 3.8) is 0 Å². The van der Waals surface area contributed by atoms with Crippen molar-refractivity contribution in [2.75, 3.05) is 12.4 Å². The molecule has 3 rings (SSSR count). The fraction of sp³-hybridized carbons (Fsp3) is 0.0714. The molecule has 21 heavy (non-hydrogen) atoms. The van der Waals surface area contributed by atoms with Crippen LogP contribution in [0.5, 0.6) is 5.75 Å². The molecule has 0 aliphatic carbocycles. The summed E-state index contributed by atoms with van der Waals surface area (Å²) in [4.78, 5) is 24.0. The summed E-state index contributed by atoms with van der Waals surface area (Å²) in [5.74, 6) is -0.174.